The zero-order valence-corrected chi connectivity index (χ0v) is 16.5. The number of nitrogens with one attached hydrogen (secondary N) is 1. The van der Waals surface area contributed by atoms with Crippen LogP contribution in [0.25, 0.3) is 22.2 Å². The van der Waals surface area contributed by atoms with Crippen molar-refractivity contribution in [1.82, 2.24) is 19.5 Å². The van der Waals surface area contributed by atoms with Crippen LogP contribution in [0.2, 0.25) is 0 Å². The van der Waals surface area contributed by atoms with Crippen LogP contribution in [0.5, 0.6) is 5.75 Å². The Morgan fingerprint density at radius 3 is 2.55 bits per heavy atom. The molecule has 3 aromatic heterocycles. The van der Waals surface area contributed by atoms with Gasteiger partial charge in [-0.15, -0.1) is 0 Å². The third-order valence-corrected chi connectivity index (χ3v) is 4.41. The van der Waals surface area contributed by atoms with Gasteiger partial charge in [-0.2, -0.15) is 0 Å². The molecule has 146 valence electrons. The second-order valence-electron chi connectivity index (χ2n) is 7.02. The first kappa shape index (κ1) is 18.6. The number of imidazole rings is 1. The molecule has 0 saturated heterocycles. The summed E-state index contributed by atoms with van der Waals surface area (Å²) in [5.74, 6) is 0.965. The second kappa shape index (κ2) is 7.71. The van der Waals surface area contributed by atoms with Crippen molar-refractivity contribution in [3.8, 4) is 17.0 Å². The van der Waals surface area contributed by atoms with Gasteiger partial charge in [0.25, 0.3) is 5.91 Å². The lowest BCUT2D eigenvalue weighted by atomic mass is 10.1. The highest BCUT2D eigenvalue weighted by molar-refractivity contribution is 6.04. The Labute approximate surface area is 168 Å². The molecule has 0 atom stereocenters. The SMILES string of the molecule is CC(C)Oc1ccc(C(=O)Nc2cc3cc(-c4cncn4C)cnc3cn2)cc1. The molecule has 0 radical (unpaired) electrons. The highest BCUT2D eigenvalue weighted by Crippen LogP contribution is 2.23. The number of aromatic nitrogens is 4. The van der Waals surface area contributed by atoms with E-state index in [-0.39, 0.29) is 12.0 Å². The number of benzene rings is 1. The number of fused-ring (bicyclic) bond motifs is 1. The Bertz CT molecular complexity index is 1170. The van der Waals surface area contributed by atoms with Gasteiger partial charge < -0.3 is 14.6 Å². The second-order valence-corrected chi connectivity index (χ2v) is 7.02. The van der Waals surface area contributed by atoms with E-state index in [9.17, 15) is 4.79 Å². The lowest BCUT2D eigenvalue weighted by Gasteiger charge is -2.10. The smallest absolute Gasteiger partial charge is 0.256 e. The van der Waals surface area contributed by atoms with E-state index in [0.29, 0.717) is 11.4 Å². The molecule has 0 saturated carbocycles. The zero-order chi connectivity index (χ0) is 20.4. The van der Waals surface area contributed by atoms with Gasteiger partial charge in [-0.25, -0.2) is 9.97 Å². The van der Waals surface area contributed by atoms with Gasteiger partial charge >= 0.3 is 0 Å². The number of ether oxygens (including phenoxy) is 1. The van der Waals surface area contributed by atoms with Gasteiger partial charge in [0.15, 0.2) is 0 Å². The fraction of sp³-hybridized carbons (Fsp3) is 0.182. The standard InChI is InChI=1S/C22H21N5O2/c1-14(2)29-18-6-4-15(5-7-18)22(28)26-21-9-16-8-17(10-24-19(16)11-25-21)20-12-23-13-27(20)3/h4-14H,1-3H3,(H,25,26,28). The van der Waals surface area contributed by atoms with E-state index < -0.39 is 0 Å². The van der Waals surface area contributed by atoms with Crippen molar-refractivity contribution in [3.63, 3.8) is 0 Å². The average molecular weight is 387 g/mol. The average Bonchev–Trinajstić information content (AvgIpc) is 3.13. The number of carbonyl (C=O) groups is 1. The Morgan fingerprint density at radius 1 is 1.07 bits per heavy atom. The summed E-state index contributed by atoms with van der Waals surface area (Å²) in [6.45, 7) is 3.92. The maximum Gasteiger partial charge on any atom is 0.256 e. The molecule has 1 aromatic carbocycles. The summed E-state index contributed by atoms with van der Waals surface area (Å²) in [4.78, 5) is 25.5. The van der Waals surface area contributed by atoms with Crippen LogP contribution in [-0.2, 0) is 7.05 Å². The summed E-state index contributed by atoms with van der Waals surface area (Å²) in [6.07, 6.45) is 7.06. The van der Waals surface area contributed by atoms with Crippen LogP contribution in [0.15, 0.2) is 61.3 Å². The molecule has 7 heteroatoms. The summed E-state index contributed by atoms with van der Waals surface area (Å²) < 4.78 is 7.54. The molecule has 4 rings (SSSR count). The summed E-state index contributed by atoms with van der Waals surface area (Å²) in [7, 11) is 1.93. The van der Waals surface area contributed by atoms with Crippen molar-refractivity contribution in [2.75, 3.05) is 5.32 Å². The molecule has 4 aromatic rings. The summed E-state index contributed by atoms with van der Waals surface area (Å²) in [5.41, 5.74) is 3.20. The first-order valence-electron chi connectivity index (χ1n) is 9.30. The summed E-state index contributed by atoms with van der Waals surface area (Å²) in [6, 6.07) is 10.9. The van der Waals surface area contributed by atoms with Crippen LogP contribution in [0, 0.1) is 0 Å². The molecule has 0 aliphatic rings. The topological polar surface area (TPSA) is 81.9 Å². The van der Waals surface area contributed by atoms with Crippen LogP contribution in [0.3, 0.4) is 0 Å². The van der Waals surface area contributed by atoms with Crippen molar-refractivity contribution < 1.29 is 9.53 Å². The molecular formula is C22H21N5O2. The number of aryl methyl sites for hydroxylation is 1. The molecule has 7 nitrogen and oxygen atoms in total. The number of carbonyl (C=O) groups excluding carboxylic acids is 1. The fourth-order valence-corrected chi connectivity index (χ4v) is 3.02. The largest absolute Gasteiger partial charge is 0.491 e. The molecule has 1 amide bonds. The Morgan fingerprint density at radius 2 is 1.86 bits per heavy atom. The minimum Gasteiger partial charge on any atom is -0.491 e. The number of amides is 1. The van der Waals surface area contributed by atoms with Gasteiger partial charge in [0.2, 0.25) is 0 Å². The molecule has 0 aliphatic carbocycles. The quantitative estimate of drug-likeness (QED) is 0.558. The van der Waals surface area contributed by atoms with Crippen LogP contribution < -0.4 is 10.1 Å². The van der Waals surface area contributed by atoms with Gasteiger partial charge in [0.05, 0.1) is 36.0 Å². The van der Waals surface area contributed by atoms with Gasteiger partial charge in [0, 0.05) is 29.8 Å². The number of hydrogen-bond acceptors (Lipinski definition) is 5. The molecule has 0 fully saturated rings. The molecule has 3 heterocycles. The van der Waals surface area contributed by atoms with E-state index >= 15 is 0 Å². The van der Waals surface area contributed by atoms with Crippen molar-refractivity contribution in [2.45, 2.75) is 20.0 Å². The maximum atomic E-state index is 12.6. The van der Waals surface area contributed by atoms with Gasteiger partial charge in [-0.05, 0) is 50.2 Å². The summed E-state index contributed by atoms with van der Waals surface area (Å²) >= 11 is 0. The molecule has 0 bridgehead atoms. The van der Waals surface area contributed by atoms with Crippen LogP contribution in [-0.4, -0.2) is 31.5 Å². The third kappa shape index (κ3) is 4.08. The molecule has 1 N–H and O–H groups in total. The van der Waals surface area contributed by atoms with E-state index in [0.717, 1.165) is 27.9 Å². The van der Waals surface area contributed by atoms with Crippen LogP contribution in [0.4, 0.5) is 5.82 Å². The van der Waals surface area contributed by atoms with E-state index in [1.165, 1.54) is 0 Å². The van der Waals surface area contributed by atoms with Crippen molar-refractivity contribution in [2.24, 2.45) is 7.05 Å². The highest BCUT2D eigenvalue weighted by Gasteiger charge is 2.10. The molecule has 0 unspecified atom stereocenters. The zero-order valence-electron chi connectivity index (χ0n) is 16.5. The van der Waals surface area contributed by atoms with Crippen molar-refractivity contribution >= 4 is 22.6 Å². The molecule has 0 spiro atoms. The number of anilines is 1. The maximum absolute atomic E-state index is 12.6. The fourth-order valence-electron chi connectivity index (χ4n) is 3.02. The normalized spacial score (nSPS) is 11.0. The predicted molar refractivity (Wildman–Crippen MR) is 112 cm³/mol. The molecular weight excluding hydrogens is 366 g/mol. The molecule has 0 aliphatic heterocycles. The van der Waals surface area contributed by atoms with Crippen LogP contribution in [0.1, 0.15) is 24.2 Å². The van der Waals surface area contributed by atoms with E-state index in [2.05, 4.69) is 20.3 Å². The summed E-state index contributed by atoms with van der Waals surface area (Å²) in [5, 5.41) is 3.72. The van der Waals surface area contributed by atoms with Crippen molar-refractivity contribution in [3.05, 3.63) is 66.9 Å². The third-order valence-electron chi connectivity index (χ3n) is 4.41. The first-order chi connectivity index (χ1) is 14.0. The first-order valence-corrected chi connectivity index (χ1v) is 9.30. The Kier molecular flexibility index (Phi) is 4.95. The highest BCUT2D eigenvalue weighted by atomic mass is 16.5. The van der Waals surface area contributed by atoms with E-state index in [4.69, 9.17) is 4.74 Å². The van der Waals surface area contributed by atoms with Gasteiger partial charge in [0.1, 0.15) is 11.6 Å². The number of pyridine rings is 2. The molecule has 29 heavy (non-hydrogen) atoms. The minimum atomic E-state index is -0.233. The van der Waals surface area contributed by atoms with E-state index in [1.807, 2.05) is 37.6 Å². The van der Waals surface area contributed by atoms with Crippen molar-refractivity contribution in [1.29, 1.82) is 0 Å². The lowest BCUT2D eigenvalue weighted by molar-refractivity contribution is 0.102. The van der Waals surface area contributed by atoms with E-state index in [1.54, 1.807) is 49.2 Å². The minimum absolute atomic E-state index is 0.0846. The van der Waals surface area contributed by atoms with Gasteiger partial charge in [-0.1, -0.05) is 0 Å². The predicted octanol–water partition coefficient (Wildman–Crippen LogP) is 4.07. The number of nitrogens with zero attached hydrogens (tertiary/aromatic N) is 4. The number of hydrogen-bond donors (Lipinski definition) is 1. The van der Waals surface area contributed by atoms with Crippen LogP contribution >= 0.6 is 0 Å². The Hall–Kier alpha value is -3.74. The Balaban J connectivity index is 1.56. The number of rotatable bonds is 5. The monoisotopic (exact) mass is 387 g/mol. The van der Waals surface area contributed by atoms with Gasteiger partial charge in [-0.3, -0.25) is 9.78 Å². The lowest BCUT2D eigenvalue weighted by Crippen LogP contribution is -2.13.